The van der Waals surface area contributed by atoms with Crippen LogP contribution < -0.4 is 4.74 Å². The van der Waals surface area contributed by atoms with E-state index in [0.717, 1.165) is 11.3 Å². The second kappa shape index (κ2) is 7.65. The SMILES string of the molecule is COc1ccccc1C1SCC(=O)N1CCN(C)C(=O)c1ccco1. The molecule has 2 amide bonds. The fraction of sp³-hybridized carbons (Fsp3) is 0.333. The van der Waals surface area contributed by atoms with Crippen molar-refractivity contribution in [3.05, 3.63) is 54.0 Å². The summed E-state index contributed by atoms with van der Waals surface area (Å²) in [6, 6.07) is 11.0. The number of carbonyl (C=O) groups is 2. The Balaban J connectivity index is 1.69. The van der Waals surface area contributed by atoms with Crippen molar-refractivity contribution in [3.63, 3.8) is 0 Å². The van der Waals surface area contributed by atoms with Crippen LogP contribution in [0.3, 0.4) is 0 Å². The highest BCUT2D eigenvalue weighted by Gasteiger charge is 2.34. The van der Waals surface area contributed by atoms with Crippen LogP contribution in [0.25, 0.3) is 0 Å². The predicted octanol–water partition coefficient (Wildman–Crippen LogP) is 2.63. The van der Waals surface area contributed by atoms with Crippen molar-refractivity contribution < 1.29 is 18.7 Å². The highest BCUT2D eigenvalue weighted by atomic mass is 32.2. The minimum Gasteiger partial charge on any atom is -0.496 e. The number of thioether (sulfide) groups is 1. The van der Waals surface area contributed by atoms with Gasteiger partial charge in [0.2, 0.25) is 5.91 Å². The van der Waals surface area contributed by atoms with Crippen LogP contribution in [0.2, 0.25) is 0 Å². The van der Waals surface area contributed by atoms with E-state index in [1.165, 1.54) is 6.26 Å². The molecule has 132 valence electrons. The zero-order chi connectivity index (χ0) is 17.8. The molecule has 1 aromatic heterocycles. The van der Waals surface area contributed by atoms with Gasteiger partial charge >= 0.3 is 0 Å². The number of benzene rings is 1. The maximum atomic E-state index is 12.3. The Labute approximate surface area is 150 Å². The lowest BCUT2D eigenvalue weighted by atomic mass is 10.2. The van der Waals surface area contributed by atoms with Crippen LogP contribution in [0, 0.1) is 0 Å². The summed E-state index contributed by atoms with van der Waals surface area (Å²) in [6.07, 6.45) is 1.47. The van der Waals surface area contributed by atoms with E-state index in [4.69, 9.17) is 9.15 Å². The zero-order valence-electron chi connectivity index (χ0n) is 14.2. The summed E-state index contributed by atoms with van der Waals surface area (Å²) >= 11 is 1.57. The number of nitrogens with zero attached hydrogens (tertiary/aromatic N) is 2. The number of carbonyl (C=O) groups excluding carboxylic acids is 2. The molecule has 25 heavy (non-hydrogen) atoms. The first-order valence-electron chi connectivity index (χ1n) is 7.94. The molecule has 1 unspecified atom stereocenters. The Hall–Kier alpha value is -2.41. The van der Waals surface area contributed by atoms with Gasteiger partial charge in [-0.1, -0.05) is 18.2 Å². The van der Waals surface area contributed by atoms with Gasteiger partial charge in [-0.25, -0.2) is 0 Å². The van der Waals surface area contributed by atoms with Crippen LogP contribution >= 0.6 is 11.8 Å². The zero-order valence-corrected chi connectivity index (χ0v) is 15.0. The highest BCUT2D eigenvalue weighted by molar-refractivity contribution is 8.00. The van der Waals surface area contributed by atoms with Crippen LogP contribution in [0.15, 0.2) is 47.1 Å². The van der Waals surface area contributed by atoms with E-state index in [-0.39, 0.29) is 17.2 Å². The van der Waals surface area contributed by atoms with Crippen LogP contribution in [0.5, 0.6) is 5.75 Å². The summed E-state index contributed by atoms with van der Waals surface area (Å²) in [7, 11) is 3.33. The van der Waals surface area contributed by atoms with Crippen molar-refractivity contribution in [1.29, 1.82) is 0 Å². The number of rotatable bonds is 6. The molecule has 1 fully saturated rings. The molecule has 1 atom stereocenters. The van der Waals surface area contributed by atoms with Gasteiger partial charge < -0.3 is 19.0 Å². The first kappa shape index (κ1) is 17.4. The number of hydrogen-bond acceptors (Lipinski definition) is 5. The summed E-state index contributed by atoms with van der Waals surface area (Å²) in [5, 5.41) is -0.101. The molecular formula is C18H20N2O4S. The lowest BCUT2D eigenvalue weighted by molar-refractivity contribution is -0.128. The van der Waals surface area contributed by atoms with E-state index in [0.29, 0.717) is 24.6 Å². The monoisotopic (exact) mass is 360 g/mol. The van der Waals surface area contributed by atoms with Gasteiger partial charge in [-0.05, 0) is 18.2 Å². The van der Waals surface area contributed by atoms with Gasteiger partial charge in [0.15, 0.2) is 5.76 Å². The second-order valence-electron chi connectivity index (χ2n) is 5.70. The molecule has 1 aliphatic rings. The van der Waals surface area contributed by atoms with E-state index in [1.54, 1.807) is 47.9 Å². The van der Waals surface area contributed by atoms with Gasteiger partial charge in [-0.3, -0.25) is 9.59 Å². The van der Waals surface area contributed by atoms with Crippen molar-refractivity contribution in [2.75, 3.05) is 33.0 Å². The Morgan fingerprint density at radius 2 is 2.16 bits per heavy atom. The van der Waals surface area contributed by atoms with E-state index in [9.17, 15) is 9.59 Å². The normalized spacial score (nSPS) is 17.0. The maximum absolute atomic E-state index is 12.3. The number of para-hydroxylation sites is 1. The first-order chi connectivity index (χ1) is 12.1. The van der Waals surface area contributed by atoms with Crippen molar-refractivity contribution in [3.8, 4) is 5.75 Å². The van der Waals surface area contributed by atoms with E-state index in [2.05, 4.69) is 0 Å². The van der Waals surface area contributed by atoms with Crippen LogP contribution in [-0.2, 0) is 4.79 Å². The summed E-state index contributed by atoms with van der Waals surface area (Å²) in [6.45, 7) is 0.884. The topological polar surface area (TPSA) is 63.0 Å². The summed E-state index contributed by atoms with van der Waals surface area (Å²) in [5.41, 5.74) is 0.973. The molecule has 0 spiro atoms. The number of hydrogen-bond donors (Lipinski definition) is 0. The van der Waals surface area contributed by atoms with Gasteiger partial charge in [0.25, 0.3) is 5.91 Å². The van der Waals surface area contributed by atoms with Gasteiger partial charge in [0, 0.05) is 25.7 Å². The van der Waals surface area contributed by atoms with Crippen molar-refractivity contribution >= 4 is 23.6 Å². The summed E-state index contributed by atoms with van der Waals surface area (Å²) < 4.78 is 10.6. The molecule has 2 heterocycles. The lowest BCUT2D eigenvalue weighted by Gasteiger charge is -2.27. The minimum absolute atomic E-state index is 0.0692. The number of amides is 2. The lowest BCUT2D eigenvalue weighted by Crippen LogP contribution is -2.38. The molecule has 0 N–H and O–H groups in total. The Morgan fingerprint density at radius 3 is 2.88 bits per heavy atom. The van der Waals surface area contributed by atoms with Crippen molar-refractivity contribution in [2.45, 2.75) is 5.37 Å². The van der Waals surface area contributed by atoms with Crippen molar-refractivity contribution in [2.24, 2.45) is 0 Å². The summed E-state index contributed by atoms with van der Waals surface area (Å²) in [4.78, 5) is 27.9. The highest BCUT2D eigenvalue weighted by Crippen LogP contribution is 2.42. The molecule has 1 saturated heterocycles. The average molecular weight is 360 g/mol. The molecule has 2 aromatic rings. The Morgan fingerprint density at radius 1 is 1.36 bits per heavy atom. The van der Waals surface area contributed by atoms with Gasteiger partial charge in [0.05, 0.1) is 19.1 Å². The number of likely N-dealkylation sites (N-methyl/N-ethyl adjacent to an activating group) is 1. The molecule has 7 heteroatoms. The quantitative estimate of drug-likeness (QED) is 0.792. The standard InChI is InChI=1S/C18H20N2O4S/c1-19(17(22)15-8-5-11-24-15)9-10-20-16(21)12-25-18(20)13-6-3-4-7-14(13)23-2/h3-8,11,18H,9-10,12H2,1-2H3. The molecule has 0 aliphatic carbocycles. The molecule has 0 radical (unpaired) electrons. The molecular weight excluding hydrogens is 340 g/mol. The maximum Gasteiger partial charge on any atom is 0.289 e. The molecule has 1 aliphatic heterocycles. The first-order valence-corrected chi connectivity index (χ1v) is 8.99. The van der Waals surface area contributed by atoms with Crippen LogP contribution in [-0.4, -0.2) is 54.6 Å². The van der Waals surface area contributed by atoms with Gasteiger partial charge in [-0.2, -0.15) is 0 Å². The number of methoxy groups -OCH3 is 1. The Bertz CT molecular complexity index is 747. The second-order valence-corrected chi connectivity index (χ2v) is 6.76. The largest absolute Gasteiger partial charge is 0.496 e. The van der Waals surface area contributed by atoms with E-state index < -0.39 is 0 Å². The smallest absolute Gasteiger partial charge is 0.289 e. The minimum atomic E-state index is -0.196. The average Bonchev–Trinajstić information content (AvgIpc) is 3.29. The molecule has 1 aromatic carbocycles. The molecule has 6 nitrogen and oxygen atoms in total. The Kier molecular flexibility index (Phi) is 5.33. The van der Waals surface area contributed by atoms with Crippen LogP contribution in [0.1, 0.15) is 21.5 Å². The third-order valence-corrected chi connectivity index (χ3v) is 5.37. The predicted molar refractivity (Wildman–Crippen MR) is 95.6 cm³/mol. The van der Waals surface area contributed by atoms with Crippen molar-refractivity contribution in [1.82, 2.24) is 9.80 Å². The number of ether oxygens (including phenoxy) is 1. The van der Waals surface area contributed by atoms with E-state index >= 15 is 0 Å². The molecule has 0 saturated carbocycles. The third kappa shape index (κ3) is 3.66. The molecule has 3 rings (SSSR count). The molecule has 0 bridgehead atoms. The third-order valence-electron chi connectivity index (χ3n) is 4.13. The fourth-order valence-electron chi connectivity index (χ4n) is 2.77. The summed E-state index contributed by atoms with van der Waals surface area (Å²) in [5.74, 6) is 1.36. The fourth-order valence-corrected chi connectivity index (χ4v) is 4.02. The number of furan rings is 1. The van der Waals surface area contributed by atoms with Gasteiger partial charge in [0.1, 0.15) is 11.1 Å². The van der Waals surface area contributed by atoms with E-state index in [1.807, 2.05) is 24.3 Å². The van der Waals surface area contributed by atoms with Gasteiger partial charge in [-0.15, -0.1) is 11.8 Å². The van der Waals surface area contributed by atoms with Crippen LogP contribution in [0.4, 0.5) is 0 Å².